The summed E-state index contributed by atoms with van der Waals surface area (Å²) < 4.78 is 0. The first-order chi connectivity index (χ1) is 7.87. The van der Waals surface area contributed by atoms with Gasteiger partial charge in [0, 0.05) is 6.04 Å². The van der Waals surface area contributed by atoms with Crippen LogP contribution in [0.1, 0.15) is 66.2 Å². The van der Waals surface area contributed by atoms with Crippen molar-refractivity contribution in [1.29, 1.82) is 5.26 Å². The minimum Gasteiger partial charge on any atom is -0.313 e. The summed E-state index contributed by atoms with van der Waals surface area (Å²) in [7, 11) is 0. The van der Waals surface area contributed by atoms with E-state index in [0.29, 0.717) is 11.5 Å². The molecule has 0 aromatic heterocycles. The number of hydrogen-bond acceptors (Lipinski definition) is 2. The Bertz CT molecular complexity index is 273. The Morgan fingerprint density at radius 2 is 2.06 bits per heavy atom. The molecular weight excluding hydrogens is 208 g/mol. The number of unbranched alkanes of at least 4 members (excludes halogenated alkanes) is 1. The van der Waals surface area contributed by atoms with Crippen LogP contribution in [0, 0.1) is 22.2 Å². The molecule has 0 spiro atoms. The number of hydrogen-bond donors (Lipinski definition) is 1. The molecule has 1 aliphatic rings. The van der Waals surface area contributed by atoms with Crippen LogP contribution in [-0.4, -0.2) is 12.6 Å². The van der Waals surface area contributed by atoms with Crippen molar-refractivity contribution in [2.75, 3.05) is 6.54 Å². The summed E-state index contributed by atoms with van der Waals surface area (Å²) >= 11 is 0. The molecule has 1 fully saturated rings. The molecule has 0 aromatic rings. The maximum Gasteiger partial charge on any atom is 0.0683 e. The summed E-state index contributed by atoms with van der Waals surface area (Å²) in [5, 5.41) is 12.6. The predicted molar refractivity (Wildman–Crippen MR) is 72.7 cm³/mol. The summed E-state index contributed by atoms with van der Waals surface area (Å²) in [6, 6.07) is 3.07. The van der Waals surface area contributed by atoms with E-state index in [-0.39, 0.29) is 5.41 Å². The zero-order valence-corrected chi connectivity index (χ0v) is 12.0. The zero-order valence-electron chi connectivity index (χ0n) is 12.0. The standard InChI is InChI=1S/C15H28N2/c1-14(2,12-16)9-5-6-11-17-13-8-7-10-15(13,3)4/h13,17H,5-11H2,1-4H3. The van der Waals surface area contributed by atoms with E-state index >= 15 is 0 Å². The molecule has 1 saturated carbocycles. The summed E-state index contributed by atoms with van der Waals surface area (Å²) in [5.74, 6) is 0. The third kappa shape index (κ3) is 4.68. The van der Waals surface area contributed by atoms with Crippen molar-refractivity contribution < 1.29 is 0 Å². The van der Waals surface area contributed by atoms with Crippen molar-refractivity contribution in [1.82, 2.24) is 5.32 Å². The fourth-order valence-electron chi connectivity index (χ4n) is 2.73. The van der Waals surface area contributed by atoms with Gasteiger partial charge >= 0.3 is 0 Å². The highest BCUT2D eigenvalue weighted by Crippen LogP contribution is 2.37. The van der Waals surface area contributed by atoms with Gasteiger partial charge in [-0.1, -0.05) is 26.7 Å². The normalized spacial score (nSPS) is 23.6. The Hall–Kier alpha value is -0.550. The zero-order chi connectivity index (χ0) is 12.9. The fraction of sp³-hybridized carbons (Fsp3) is 0.933. The van der Waals surface area contributed by atoms with Gasteiger partial charge in [-0.15, -0.1) is 0 Å². The van der Waals surface area contributed by atoms with Crippen LogP contribution >= 0.6 is 0 Å². The second-order valence-corrected chi connectivity index (χ2v) is 6.84. The third-order valence-electron chi connectivity index (χ3n) is 4.18. The van der Waals surface area contributed by atoms with Gasteiger partial charge < -0.3 is 5.32 Å². The van der Waals surface area contributed by atoms with Gasteiger partial charge in [-0.3, -0.25) is 0 Å². The molecule has 0 aliphatic heterocycles. The van der Waals surface area contributed by atoms with E-state index in [4.69, 9.17) is 5.26 Å². The molecule has 98 valence electrons. The average Bonchev–Trinajstić information content (AvgIpc) is 2.58. The van der Waals surface area contributed by atoms with Gasteiger partial charge in [0.25, 0.3) is 0 Å². The van der Waals surface area contributed by atoms with Crippen LogP contribution in [0.2, 0.25) is 0 Å². The monoisotopic (exact) mass is 236 g/mol. The molecule has 1 N–H and O–H groups in total. The lowest BCUT2D eigenvalue weighted by molar-refractivity contribution is 0.281. The van der Waals surface area contributed by atoms with Crippen molar-refractivity contribution in [3.05, 3.63) is 0 Å². The molecule has 17 heavy (non-hydrogen) atoms. The van der Waals surface area contributed by atoms with Crippen LogP contribution in [0.25, 0.3) is 0 Å². The molecule has 0 amide bonds. The predicted octanol–water partition coefficient (Wildman–Crippen LogP) is 3.87. The molecule has 0 aromatic carbocycles. The summed E-state index contributed by atoms with van der Waals surface area (Å²) in [6.07, 6.45) is 7.41. The van der Waals surface area contributed by atoms with Gasteiger partial charge in [-0.2, -0.15) is 5.26 Å². The summed E-state index contributed by atoms with van der Waals surface area (Å²) in [6.45, 7) is 9.91. The highest BCUT2D eigenvalue weighted by molar-refractivity contribution is 4.92. The number of nitrogens with one attached hydrogen (secondary N) is 1. The number of nitrogens with zero attached hydrogens (tertiary/aromatic N) is 1. The van der Waals surface area contributed by atoms with Gasteiger partial charge in [-0.05, 0) is 51.5 Å². The maximum absolute atomic E-state index is 8.93. The van der Waals surface area contributed by atoms with Crippen molar-refractivity contribution in [2.45, 2.75) is 72.3 Å². The third-order valence-corrected chi connectivity index (χ3v) is 4.18. The molecule has 1 rings (SSSR count). The molecule has 2 nitrogen and oxygen atoms in total. The molecule has 0 radical (unpaired) electrons. The van der Waals surface area contributed by atoms with E-state index in [9.17, 15) is 0 Å². The fourth-order valence-corrected chi connectivity index (χ4v) is 2.73. The van der Waals surface area contributed by atoms with Crippen LogP contribution in [0.15, 0.2) is 0 Å². The van der Waals surface area contributed by atoms with Crippen LogP contribution < -0.4 is 5.32 Å². The van der Waals surface area contributed by atoms with Crippen molar-refractivity contribution >= 4 is 0 Å². The first-order valence-electron chi connectivity index (χ1n) is 7.02. The second kappa shape index (κ2) is 5.87. The molecule has 2 heteroatoms. The Morgan fingerprint density at radius 1 is 1.35 bits per heavy atom. The molecule has 1 unspecified atom stereocenters. The maximum atomic E-state index is 8.93. The number of rotatable bonds is 6. The number of nitriles is 1. The molecule has 1 aliphatic carbocycles. The van der Waals surface area contributed by atoms with Crippen molar-refractivity contribution in [3.63, 3.8) is 0 Å². The summed E-state index contributed by atoms with van der Waals surface area (Å²) in [4.78, 5) is 0. The van der Waals surface area contributed by atoms with E-state index in [2.05, 4.69) is 25.2 Å². The lowest BCUT2D eigenvalue weighted by Crippen LogP contribution is -2.38. The van der Waals surface area contributed by atoms with Gasteiger partial charge in [0.05, 0.1) is 11.5 Å². The van der Waals surface area contributed by atoms with Crippen LogP contribution in [-0.2, 0) is 0 Å². The second-order valence-electron chi connectivity index (χ2n) is 6.84. The SMILES string of the molecule is CC(C)(C#N)CCCCNC1CCCC1(C)C. The Balaban J connectivity index is 2.11. The molecule has 0 bridgehead atoms. The van der Waals surface area contributed by atoms with E-state index in [0.717, 1.165) is 19.4 Å². The molecular formula is C15H28N2. The van der Waals surface area contributed by atoms with Crippen LogP contribution in [0.4, 0.5) is 0 Å². The quantitative estimate of drug-likeness (QED) is 0.710. The van der Waals surface area contributed by atoms with Crippen molar-refractivity contribution in [2.24, 2.45) is 10.8 Å². The van der Waals surface area contributed by atoms with Gasteiger partial charge in [0.15, 0.2) is 0 Å². The van der Waals surface area contributed by atoms with Gasteiger partial charge in [0.2, 0.25) is 0 Å². The van der Waals surface area contributed by atoms with E-state index in [1.807, 2.05) is 13.8 Å². The Labute approximate surface area is 107 Å². The van der Waals surface area contributed by atoms with E-state index in [1.165, 1.54) is 25.7 Å². The van der Waals surface area contributed by atoms with E-state index < -0.39 is 0 Å². The minimum atomic E-state index is -0.146. The molecule has 0 saturated heterocycles. The van der Waals surface area contributed by atoms with Crippen molar-refractivity contribution in [3.8, 4) is 6.07 Å². The lowest BCUT2D eigenvalue weighted by Gasteiger charge is -2.28. The average molecular weight is 236 g/mol. The Morgan fingerprint density at radius 3 is 2.59 bits per heavy atom. The van der Waals surface area contributed by atoms with E-state index in [1.54, 1.807) is 0 Å². The van der Waals surface area contributed by atoms with Gasteiger partial charge in [-0.25, -0.2) is 0 Å². The first kappa shape index (κ1) is 14.5. The topological polar surface area (TPSA) is 35.8 Å². The summed E-state index contributed by atoms with van der Waals surface area (Å²) in [5.41, 5.74) is 0.332. The minimum absolute atomic E-state index is 0.146. The van der Waals surface area contributed by atoms with Gasteiger partial charge in [0.1, 0.15) is 0 Å². The highest BCUT2D eigenvalue weighted by atomic mass is 14.9. The van der Waals surface area contributed by atoms with Crippen LogP contribution in [0.5, 0.6) is 0 Å². The molecule has 1 atom stereocenters. The lowest BCUT2D eigenvalue weighted by atomic mass is 9.87. The van der Waals surface area contributed by atoms with Crippen LogP contribution in [0.3, 0.4) is 0 Å². The first-order valence-corrected chi connectivity index (χ1v) is 7.02. The smallest absolute Gasteiger partial charge is 0.0683 e. The molecule has 0 heterocycles. The highest BCUT2D eigenvalue weighted by Gasteiger charge is 2.33. The Kier molecular flexibility index (Phi) is 5.01. The largest absolute Gasteiger partial charge is 0.313 e.